The van der Waals surface area contributed by atoms with Gasteiger partial charge in [0.2, 0.25) is 0 Å². The van der Waals surface area contributed by atoms with Crippen molar-refractivity contribution in [3.05, 3.63) is 47.3 Å². The average Bonchev–Trinajstić information content (AvgIpc) is 2.90. The van der Waals surface area contributed by atoms with E-state index in [0.29, 0.717) is 12.0 Å². The number of H-pyrrole nitrogens is 1. The fourth-order valence-corrected chi connectivity index (χ4v) is 2.20. The van der Waals surface area contributed by atoms with Crippen LogP contribution in [0.25, 0.3) is 0 Å². The van der Waals surface area contributed by atoms with Gasteiger partial charge in [-0.25, -0.2) is 4.79 Å². The average molecular weight is 262 g/mol. The summed E-state index contributed by atoms with van der Waals surface area (Å²) in [5, 5.41) is 6.81. The number of carbonyl (C=O) groups excluding carboxylic acids is 1. The third kappa shape index (κ3) is 2.73. The molecule has 5 heteroatoms. The summed E-state index contributed by atoms with van der Waals surface area (Å²) >= 11 is 1.65. The lowest BCUT2D eigenvalue weighted by molar-refractivity contribution is 0.0599. The molecule has 0 aliphatic carbocycles. The number of hydrogen-bond donors (Lipinski definition) is 1. The van der Waals surface area contributed by atoms with Gasteiger partial charge in [0, 0.05) is 23.2 Å². The largest absolute Gasteiger partial charge is 0.465 e. The highest BCUT2D eigenvalue weighted by molar-refractivity contribution is 7.98. The van der Waals surface area contributed by atoms with Gasteiger partial charge in [-0.1, -0.05) is 0 Å². The van der Waals surface area contributed by atoms with Crippen LogP contribution in [0.5, 0.6) is 0 Å². The molecule has 2 rings (SSSR count). The number of carbonyl (C=O) groups is 1. The Hall–Kier alpha value is -1.75. The second-order valence-corrected chi connectivity index (χ2v) is 4.65. The lowest BCUT2D eigenvalue weighted by Gasteiger charge is -2.08. The van der Waals surface area contributed by atoms with Gasteiger partial charge in [-0.2, -0.15) is 5.10 Å². The first-order valence-electron chi connectivity index (χ1n) is 5.48. The van der Waals surface area contributed by atoms with E-state index in [4.69, 9.17) is 4.74 Å². The Morgan fingerprint density at radius 1 is 1.44 bits per heavy atom. The van der Waals surface area contributed by atoms with Crippen LogP contribution < -0.4 is 0 Å². The van der Waals surface area contributed by atoms with E-state index in [9.17, 15) is 4.79 Å². The summed E-state index contributed by atoms with van der Waals surface area (Å²) < 4.78 is 4.80. The Morgan fingerprint density at radius 3 is 2.89 bits per heavy atom. The van der Waals surface area contributed by atoms with Crippen LogP contribution in [-0.2, 0) is 11.2 Å². The number of esters is 1. The maximum absolute atomic E-state index is 11.7. The molecule has 1 heterocycles. The van der Waals surface area contributed by atoms with Crippen molar-refractivity contribution in [1.82, 2.24) is 10.2 Å². The fraction of sp³-hybridized carbons (Fsp3) is 0.231. The van der Waals surface area contributed by atoms with E-state index < -0.39 is 0 Å². The molecule has 0 aliphatic rings. The highest BCUT2D eigenvalue weighted by Crippen LogP contribution is 2.22. The number of nitrogens with one attached hydrogen (secondary N) is 1. The van der Waals surface area contributed by atoms with Crippen molar-refractivity contribution in [3.8, 4) is 0 Å². The number of aromatic nitrogens is 2. The lowest BCUT2D eigenvalue weighted by Crippen LogP contribution is -2.06. The number of ether oxygens (including phenoxy) is 1. The topological polar surface area (TPSA) is 55.0 Å². The molecule has 0 saturated carbocycles. The quantitative estimate of drug-likeness (QED) is 0.679. The number of rotatable bonds is 4. The van der Waals surface area contributed by atoms with Crippen molar-refractivity contribution in [1.29, 1.82) is 0 Å². The van der Waals surface area contributed by atoms with Gasteiger partial charge < -0.3 is 4.74 Å². The minimum Gasteiger partial charge on any atom is -0.465 e. The Bertz CT molecular complexity index is 538. The Kier molecular flexibility index (Phi) is 4.04. The molecule has 0 amide bonds. The van der Waals surface area contributed by atoms with Crippen molar-refractivity contribution in [2.24, 2.45) is 0 Å². The van der Waals surface area contributed by atoms with Crippen molar-refractivity contribution in [2.45, 2.75) is 11.3 Å². The highest BCUT2D eigenvalue weighted by Gasteiger charge is 2.13. The van der Waals surface area contributed by atoms with Gasteiger partial charge in [0.25, 0.3) is 0 Å². The summed E-state index contributed by atoms with van der Waals surface area (Å²) in [6, 6.07) is 7.64. The molecule has 1 N–H and O–H groups in total. The summed E-state index contributed by atoms with van der Waals surface area (Å²) in [5.41, 5.74) is 2.52. The van der Waals surface area contributed by atoms with E-state index in [2.05, 4.69) is 10.2 Å². The molecule has 0 unspecified atom stereocenters. The lowest BCUT2D eigenvalue weighted by atomic mass is 10.0. The Labute approximate surface area is 110 Å². The van der Waals surface area contributed by atoms with E-state index >= 15 is 0 Å². The molecule has 0 atom stereocenters. The van der Waals surface area contributed by atoms with Gasteiger partial charge in [-0.05, 0) is 36.1 Å². The van der Waals surface area contributed by atoms with E-state index in [1.54, 1.807) is 18.0 Å². The van der Waals surface area contributed by atoms with Crippen LogP contribution in [0.2, 0.25) is 0 Å². The predicted molar refractivity (Wildman–Crippen MR) is 71.0 cm³/mol. The number of hydrogen-bond acceptors (Lipinski definition) is 4. The molecular weight excluding hydrogens is 248 g/mol. The normalized spacial score (nSPS) is 10.3. The molecule has 0 aliphatic heterocycles. The van der Waals surface area contributed by atoms with Gasteiger partial charge in [0.05, 0.1) is 12.7 Å². The van der Waals surface area contributed by atoms with Gasteiger partial charge in [0.15, 0.2) is 0 Å². The van der Waals surface area contributed by atoms with Gasteiger partial charge in [0.1, 0.15) is 0 Å². The molecule has 0 saturated heterocycles. The molecular formula is C13H14N2O2S. The van der Waals surface area contributed by atoms with E-state index in [0.717, 1.165) is 16.2 Å². The van der Waals surface area contributed by atoms with Crippen LogP contribution in [0.3, 0.4) is 0 Å². The van der Waals surface area contributed by atoms with Crippen LogP contribution in [-0.4, -0.2) is 29.5 Å². The first-order valence-corrected chi connectivity index (χ1v) is 6.70. The number of nitrogens with zero attached hydrogens (tertiary/aromatic N) is 1. The monoisotopic (exact) mass is 262 g/mol. The Balaban J connectivity index is 2.37. The minimum atomic E-state index is -0.308. The summed E-state index contributed by atoms with van der Waals surface area (Å²) in [6.07, 6.45) is 4.34. The zero-order valence-electron chi connectivity index (χ0n) is 10.3. The standard InChI is InChI=1S/C13H14N2O2S/c1-17-13(16)12-4-3-11(18-2)8-9(12)7-10-5-6-14-15-10/h3-6,8H,7H2,1-2H3,(H,14,15). The highest BCUT2D eigenvalue weighted by atomic mass is 32.2. The van der Waals surface area contributed by atoms with Crippen LogP contribution in [0, 0.1) is 0 Å². The van der Waals surface area contributed by atoms with Crippen molar-refractivity contribution >= 4 is 17.7 Å². The van der Waals surface area contributed by atoms with E-state index in [-0.39, 0.29) is 5.97 Å². The number of benzene rings is 1. The summed E-state index contributed by atoms with van der Waals surface area (Å²) in [4.78, 5) is 12.8. The second kappa shape index (κ2) is 5.73. The van der Waals surface area contributed by atoms with Gasteiger partial charge in [-0.15, -0.1) is 11.8 Å². The summed E-state index contributed by atoms with van der Waals surface area (Å²) in [7, 11) is 1.39. The minimum absolute atomic E-state index is 0.308. The van der Waals surface area contributed by atoms with Crippen LogP contribution >= 0.6 is 11.8 Å². The molecule has 0 bridgehead atoms. The molecule has 18 heavy (non-hydrogen) atoms. The molecule has 94 valence electrons. The SMILES string of the molecule is COC(=O)c1ccc(SC)cc1Cc1ccn[nH]1. The van der Waals surface area contributed by atoms with E-state index in [1.165, 1.54) is 7.11 Å². The molecule has 2 aromatic rings. The third-order valence-corrected chi connectivity index (χ3v) is 3.38. The molecule has 1 aromatic carbocycles. The summed E-state index contributed by atoms with van der Waals surface area (Å²) in [6.45, 7) is 0. The molecule has 4 nitrogen and oxygen atoms in total. The molecule has 0 radical (unpaired) electrons. The number of aromatic amines is 1. The maximum Gasteiger partial charge on any atom is 0.338 e. The van der Waals surface area contributed by atoms with Crippen LogP contribution in [0.1, 0.15) is 21.6 Å². The number of methoxy groups -OCH3 is 1. The smallest absolute Gasteiger partial charge is 0.338 e. The van der Waals surface area contributed by atoms with Crippen LogP contribution in [0.4, 0.5) is 0 Å². The fourth-order valence-electron chi connectivity index (χ4n) is 1.74. The van der Waals surface area contributed by atoms with E-state index in [1.807, 2.05) is 30.5 Å². The molecule has 0 spiro atoms. The predicted octanol–water partition coefficient (Wildman–Crippen LogP) is 2.51. The van der Waals surface area contributed by atoms with Crippen LogP contribution in [0.15, 0.2) is 35.4 Å². The first-order chi connectivity index (χ1) is 8.74. The van der Waals surface area contributed by atoms with Crippen molar-refractivity contribution < 1.29 is 9.53 Å². The third-order valence-electron chi connectivity index (χ3n) is 2.66. The number of thioether (sulfide) groups is 1. The molecule has 0 fully saturated rings. The zero-order valence-corrected chi connectivity index (χ0v) is 11.1. The van der Waals surface area contributed by atoms with Crippen molar-refractivity contribution in [3.63, 3.8) is 0 Å². The van der Waals surface area contributed by atoms with Gasteiger partial charge >= 0.3 is 5.97 Å². The van der Waals surface area contributed by atoms with Crippen molar-refractivity contribution in [2.75, 3.05) is 13.4 Å². The van der Waals surface area contributed by atoms with Gasteiger partial charge in [-0.3, -0.25) is 5.10 Å². The maximum atomic E-state index is 11.7. The summed E-state index contributed by atoms with van der Waals surface area (Å²) in [5.74, 6) is -0.308. The zero-order chi connectivity index (χ0) is 13.0. The Morgan fingerprint density at radius 2 is 2.28 bits per heavy atom. The first kappa shape index (κ1) is 12.7. The second-order valence-electron chi connectivity index (χ2n) is 3.77. The molecule has 1 aromatic heterocycles.